The summed E-state index contributed by atoms with van der Waals surface area (Å²) < 4.78 is 5.12. The Morgan fingerprint density at radius 1 is 1.39 bits per heavy atom. The van der Waals surface area contributed by atoms with Gasteiger partial charge < -0.3 is 15.5 Å². The van der Waals surface area contributed by atoms with Crippen LogP contribution in [-0.2, 0) is 5.75 Å². The highest BCUT2D eigenvalue weighted by Crippen LogP contribution is 2.28. The lowest BCUT2D eigenvalue weighted by molar-refractivity contribution is 0.415. The minimum absolute atomic E-state index is 0.224. The van der Waals surface area contributed by atoms with Crippen LogP contribution in [0.2, 0.25) is 5.02 Å². The minimum Gasteiger partial charge on any atom is -0.495 e. The second-order valence-electron chi connectivity index (χ2n) is 4.59. The summed E-state index contributed by atoms with van der Waals surface area (Å²) in [6.07, 6.45) is 1.15. The van der Waals surface area contributed by atoms with Crippen LogP contribution in [0.4, 0.5) is 5.82 Å². The lowest BCUT2D eigenvalue weighted by Gasteiger charge is -2.06. The lowest BCUT2D eigenvalue weighted by Crippen LogP contribution is -2.09. The molecule has 3 N–H and O–H groups in total. The van der Waals surface area contributed by atoms with E-state index in [0.717, 1.165) is 11.8 Å². The number of ether oxygens (including phenoxy) is 1. The fourth-order valence-corrected chi connectivity index (χ4v) is 3.02. The summed E-state index contributed by atoms with van der Waals surface area (Å²) in [6.45, 7) is 0. The number of fused-ring (bicyclic) bond motifs is 1. The van der Waals surface area contributed by atoms with Gasteiger partial charge in [-0.2, -0.15) is 0 Å². The number of benzene rings is 1. The number of aromatic nitrogens is 4. The van der Waals surface area contributed by atoms with E-state index in [9.17, 15) is 4.79 Å². The van der Waals surface area contributed by atoms with Gasteiger partial charge in [0.1, 0.15) is 11.3 Å². The van der Waals surface area contributed by atoms with Crippen molar-refractivity contribution in [3.8, 4) is 5.75 Å². The number of nitrogens with two attached hydrogens (primary N) is 1. The number of nitrogens with one attached hydrogen (secondary N) is 1. The van der Waals surface area contributed by atoms with Gasteiger partial charge in [0, 0.05) is 5.75 Å². The summed E-state index contributed by atoms with van der Waals surface area (Å²) in [6, 6.07) is 5.53. The van der Waals surface area contributed by atoms with E-state index in [1.54, 1.807) is 13.2 Å². The maximum Gasteiger partial charge on any atom is 0.268 e. The van der Waals surface area contributed by atoms with Crippen LogP contribution in [-0.4, -0.2) is 27.0 Å². The van der Waals surface area contributed by atoms with Crippen molar-refractivity contribution < 1.29 is 4.74 Å². The molecule has 0 bridgehead atoms. The molecule has 9 heteroatoms. The van der Waals surface area contributed by atoms with Crippen molar-refractivity contribution in [1.29, 1.82) is 0 Å². The first kappa shape index (κ1) is 15.6. The van der Waals surface area contributed by atoms with Crippen molar-refractivity contribution in [2.75, 3.05) is 12.8 Å². The van der Waals surface area contributed by atoms with E-state index in [0.29, 0.717) is 32.8 Å². The van der Waals surface area contributed by atoms with Gasteiger partial charge in [-0.3, -0.25) is 4.79 Å². The average Bonchev–Trinajstić information content (AvgIpc) is 2.52. The van der Waals surface area contributed by atoms with Gasteiger partial charge in [0.25, 0.3) is 5.56 Å². The first-order valence-corrected chi connectivity index (χ1v) is 7.91. The summed E-state index contributed by atoms with van der Waals surface area (Å²) in [5, 5.41) is 0.990. The summed E-state index contributed by atoms with van der Waals surface area (Å²) in [4.78, 5) is 26.3. The van der Waals surface area contributed by atoms with Crippen molar-refractivity contribution in [1.82, 2.24) is 19.9 Å². The number of H-pyrrole nitrogens is 1. The van der Waals surface area contributed by atoms with Crippen LogP contribution in [0.1, 0.15) is 5.56 Å². The normalized spacial score (nSPS) is 10.9. The molecule has 3 rings (SSSR count). The predicted octanol–water partition coefficient (Wildman–Crippen LogP) is 2.25. The Hall–Kier alpha value is -2.32. The van der Waals surface area contributed by atoms with Gasteiger partial charge in [-0.25, -0.2) is 15.0 Å². The maximum absolute atomic E-state index is 11.3. The van der Waals surface area contributed by atoms with Gasteiger partial charge in [0.2, 0.25) is 0 Å². The van der Waals surface area contributed by atoms with Crippen molar-refractivity contribution in [3.63, 3.8) is 0 Å². The van der Waals surface area contributed by atoms with E-state index in [1.807, 2.05) is 12.1 Å². The molecule has 0 aliphatic heterocycles. The molecule has 0 amide bonds. The number of thioether (sulfide) groups is 1. The molecular formula is C14H12ClN5O2S. The molecule has 0 atom stereocenters. The topological polar surface area (TPSA) is 107 Å². The van der Waals surface area contributed by atoms with Crippen LogP contribution in [0.25, 0.3) is 11.2 Å². The van der Waals surface area contributed by atoms with Crippen LogP contribution in [0.15, 0.2) is 34.3 Å². The zero-order valence-electron chi connectivity index (χ0n) is 12.0. The molecule has 23 heavy (non-hydrogen) atoms. The smallest absolute Gasteiger partial charge is 0.268 e. The molecule has 0 aliphatic carbocycles. The van der Waals surface area contributed by atoms with Gasteiger partial charge in [-0.15, -0.1) is 0 Å². The number of nitrogen functional groups attached to an aromatic ring is 1. The molecule has 7 nitrogen and oxygen atoms in total. The number of methoxy groups -OCH3 is 1. The van der Waals surface area contributed by atoms with Crippen molar-refractivity contribution >= 4 is 40.3 Å². The summed E-state index contributed by atoms with van der Waals surface area (Å²) in [5.74, 6) is 1.44. The maximum atomic E-state index is 11.3. The largest absolute Gasteiger partial charge is 0.495 e. The molecule has 118 valence electrons. The minimum atomic E-state index is -0.339. The molecule has 0 unspecified atom stereocenters. The highest BCUT2D eigenvalue weighted by Gasteiger charge is 2.09. The molecule has 0 fully saturated rings. The number of halogens is 1. The molecule has 0 saturated carbocycles. The van der Waals surface area contributed by atoms with Crippen molar-refractivity contribution in [3.05, 3.63) is 45.3 Å². The molecule has 0 spiro atoms. The summed E-state index contributed by atoms with van der Waals surface area (Å²) >= 11 is 7.48. The van der Waals surface area contributed by atoms with Gasteiger partial charge in [0.05, 0.1) is 18.3 Å². The van der Waals surface area contributed by atoms with E-state index in [2.05, 4.69) is 19.9 Å². The summed E-state index contributed by atoms with van der Waals surface area (Å²) in [7, 11) is 1.57. The van der Waals surface area contributed by atoms with Gasteiger partial charge >= 0.3 is 0 Å². The second kappa shape index (κ2) is 6.43. The first-order chi connectivity index (χ1) is 11.1. The molecule has 0 aliphatic rings. The van der Waals surface area contributed by atoms with Crippen LogP contribution < -0.4 is 16.0 Å². The van der Waals surface area contributed by atoms with Crippen molar-refractivity contribution in [2.24, 2.45) is 0 Å². The number of nitrogens with zero attached hydrogens (tertiary/aromatic N) is 3. The van der Waals surface area contributed by atoms with Gasteiger partial charge in [-0.05, 0) is 17.7 Å². The van der Waals surface area contributed by atoms with Crippen LogP contribution in [0.3, 0.4) is 0 Å². The van der Waals surface area contributed by atoms with Crippen molar-refractivity contribution in [2.45, 2.75) is 10.9 Å². The van der Waals surface area contributed by atoms with Crippen LogP contribution in [0.5, 0.6) is 5.75 Å². The lowest BCUT2D eigenvalue weighted by atomic mass is 10.2. The second-order valence-corrected chi connectivity index (χ2v) is 5.94. The Morgan fingerprint density at radius 3 is 2.96 bits per heavy atom. The first-order valence-electron chi connectivity index (χ1n) is 6.54. The highest BCUT2D eigenvalue weighted by atomic mass is 35.5. The fraction of sp³-hybridized carbons (Fsp3) is 0.143. The molecule has 3 aromatic rings. The Bertz CT molecular complexity index is 931. The van der Waals surface area contributed by atoms with E-state index >= 15 is 0 Å². The molecular weight excluding hydrogens is 338 g/mol. The zero-order chi connectivity index (χ0) is 16.4. The highest BCUT2D eigenvalue weighted by molar-refractivity contribution is 7.98. The third-order valence-electron chi connectivity index (χ3n) is 3.03. The Balaban J connectivity index is 1.84. The van der Waals surface area contributed by atoms with E-state index in [-0.39, 0.29) is 11.4 Å². The number of hydrogen-bond acceptors (Lipinski definition) is 7. The zero-order valence-corrected chi connectivity index (χ0v) is 13.6. The Morgan fingerprint density at radius 2 is 2.22 bits per heavy atom. The van der Waals surface area contributed by atoms with E-state index in [1.165, 1.54) is 11.8 Å². The molecule has 2 heterocycles. The average molecular weight is 350 g/mol. The predicted molar refractivity (Wildman–Crippen MR) is 89.9 cm³/mol. The SMILES string of the molecule is COc1ccc(CSc2nc(N)c3ncc(=O)[nH]c3n2)cc1Cl. The van der Waals surface area contributed by atoms with Gasteiger partial charge in [0.15, 0.2) is 16.6 Å². The quantitative estimate of drug-likeness (QED) is 0.549. The Labute approximate surface area is 140 Å². The summed E-state index contributed by atoms with van der Waals surface area (Å²) in [5.41, 5.74) is 7.20. The number of rotatable bonds is 4. The van der Waals surface area contributed by atoms with Crippen LogP contribution in [0, 0.1) is 0 Å². The van der Waals surface area contributed by atoms with Crippen LogP contribution >= 0.6 is 23.4 Å². The molecule has 2 aromatic heterocycles. The van der Waals surface area contributed by atoms with Gasteiger partial charge in [-0.1, -0.05) is 29.4 Å². The third kappa shape index (κ3) is 3.38. The molecule has 0 radical (unpaired) electrons. The number of anilines is 1. The van der Waals surface area contributed by atoms with E-state index in [4.69, 9.17) is 22.1 Å². The monoisotopic (exact) mass is 349 g/mol. The molecule has 0 saturated heterocycles. The number of hydrogen-bond donors (Lipinski definition) is 2. The Kier molecular flexibility index (Phi) is 4.35. The van der Waals surface area contributed by atoms with E-state index < -0.39 is 0 Å². The third-order valence-corrected chi connectivity index (χ3v) is 4.24. The fourth-order valence-electron chi connectivity index (χ4n) is 1.95. The standard InChI is InChI=1S/C14H12ClN5O2S/c1-22-9-3-2-7(4-8(9)15)6-23-14-19-12(16)11-13(20-14)18-10(21)5-17-11/h2-5H,6H2,1H3,(H3,16,18,19,20,21). The number of aromatic amines is 1. The molecule has 1 aromatic carbocycles.